The number of amides is 1. The number of carbonyl (C=O) groups excluding carboxylic acids is 1. The van der Waals surface area contributed by atoms with Gasteiger partial charge in [0.25, 0.3) is 5.91 Å². The van der Waals surface area contributed by atoms with E-state index in [1.165, 1.54) is 0 Å². The maximum atomic E-state index is 12.4. The molecule has 0 fully saturated rings. The molecule has 0 radical (unpaired) electrons. The lowest BCUT2D eigenvalue weighted by atomic mass is 10.2. The van der Waals surface area contributed by atoms with E-state index in [2.05, 4.69) is 0 Å². The van der Waals surface area contributed by atoms with Gasteiger partial charge in [0.15, 0.2) is 6.10 Å². The molecule has 0 spiro atoms. The van der Waals surface area contributed by atoms with Crippen molar-refractivity contribution in [1.82, 2.24) is 4.90 Å². The van der Waals surface area contributed by atoms with E-state index in [0.717, 1.165) is 11.3 Å². The summed E-state index contributed by atoms with van der Waals surface area (Å²) in [7, 11) is 1.76. The molecule has 0 bridgehead atoms. The molecule has 1 amide bonds. The van der Waals surface area contributed by atoms with Gasteiger partial charge in [0, 0.05) is 7.05 Å². The van der Waals surface area contributed by atoms with Crippen LogP contribution in [0.15, 0.2) is 47.1 Å². The summed E-state index contributed by atoms with van der Waals surface area (Å²) in [5.41, 5.74) is 1.10. The molecule has 0 aliphatic carbocycles. The Kier molecular flexibility index (Phi) is 4.68. The van der Waals surface area contributed by atoms with Gasteiger partial charge in [-0.25, -0.2) is 0 Å². The van der Waals surface area contributed by atoms with Crippen molar-refractivity contribution in [3.05, 3.63) is 54.0 Å². The molecule has 0 N–H and O–H groups in total. The highest BCUT2D eigenvalue weighted by Crippen LogP contribution is 2.21. The molecule has 0 aliphatic rings. The van der Waals surface area contributed by atoms with E-state index in [4.69, 9.17) is 9.15 Å². The Hall–Kier alpha value is -2.23. The van der Waals surface area contributed by atoms with E-state index >= 15 is 0 Å². The summed E-state index contributed by atoms with van der Waals surface area (Å²) in [6.45, 7) is 5.68. The van der Waals surface area contributed by atoms with Crippen LogP contribution in [0.3, 0.4) is 0 Å². The van der Waals surface area contributed by atoms with Crippen LogP contribution in [0.25, 0.3) is 0 Å². The lowest BCUT2D eigenvalue weighted by Gasteiger charge is -2.26. The molecule has 2 atom stereocenters. The summed E-state index contributed by atoms with van der Waals surface area (Å²) in [4.78, 5) is 14.1. The monoisotopic (exact) mass is 287 g/mol. The third kappa shape index (κ3) is 3.66. The lowest BCUT2D eigenvalue weighted by Crippen LogP contribution is -2.39. The van der Waals surface area contributed by atoms with Crippen molar-refractivity contribution in [3.8, 4) is 5.75 Å². The van der Waals surface area contributed by atoms with Gasteiger partial charge in [-0.2, -0.15) is 0 Å². The van der Waals surface area contributed by atoms with Gasteiger partial charge < -0.3 is 14.1 Å². The van der Waals surface area contributed by atoms with Crippen LogP contribution in [-0.4, -0.2) is 24.0 Å². The van der Waals surface area contributed by atoms with Gasteiger partial charge in [-0.05, 0) is 50.6 Å². The molecule has 1 aromatic carbocycles. The van der Waals surface area contributed by atoms with E-state index in [-0.39, 0.29) is 11.9 Å². The minimum Gasteiger partial charge on any atom is -0.481 e. The quantitative estimate of drug-likeness (QED) is 0.844. The van der Waals surface area contributed by atoms with Crippen LogP contribution < -0.4 is 4.74 Å². The summed E-state index contributed by atoms with van der Waals surface area (Å²) in [6, 6.07) is 11.2. The van der Waals surface area contributed by atoms with E-state index < -0.39 is 6.10 Å². The van der Waals surface area contributed by atoms with Crippen molar-refractivity contribution in [1.29, 1.82) is 0 Å². The lowest BCUT2D eigenvalue weighted by molar-refractivity contribution is -0.138. The zero-order chi connectivity index (χ0) is 15.4. The number of hydrogen-bond acceptors (Lipinski definition) is 3. The second-order valence-corrected chi connectivity index (χ2v) is 5.22. The predicted octanol–water partition coefficient (Wildman–Crippen LogP) is 3.57. The van der Waals surface area contributed by atoms with Gasteiger partial charge in [-0.15, -0.1) is 0 Å². The zero-order valence-corrected chi connectivity index (χ0v) is 12.9. The van der Waals surface area contributed by atoms with Crippen molar-refractivity contribution in [2.24, 2.45) is 0 Å². The average Bonchev–Trinajstić information content (AvgIpc) is 2.99. The Morgan fingerprint density at radius 1 is 1.24 bits per heavy atom. The highest BCUT2D eigenvalue weighted by molar-refractivity contribution is 5.81. The van der Waals surface area contributed by atoms with Crippen LogP contribution in [0.4, 0.5) is 0 Å². The number of rotatable bonds is 5. The van der Waals surface area contributed by atoms with E-state index in [1.54, 1.807) is 25.1 Å². The van der Waals surface area contributed by atoms with Crippen molar-refractivity contribution in [2.75, 3.05) is 7.05 Å². The van der Waals surface area contributed by atoms with Crippen LogP contribution in [0.5, 0.6) is 5.75 Å². The molecular formula is C17H21NO3. The predicted molar refractivity (Wildman–Crippen MR) is 81.2 cm³/mol. The number of ether oxygens (including phenoxy) is 1. The minimum absolute atomic E-state index is 0.0830. The molecule has 112 valence electrons. The summed E-state index contributed by atoms with van der Waals surface area (Å²) >= 11 is 0. The standard InChI is InChI=1S/C17H21NO3/c1-12-7-5-8-15(11-12)21-14(3)17(19)18(4)13(2)16-9-6-10-20-16/h5-11,13-14H,1-4H3. The fourth-order valence-electron chi connectivity index (χ4n) is 2.14. The van der Waals surface area contributed by atoms with E-state index in [9.17, 15) is 4.79 Å². The molecule has 2 rings (SSSR count). The molecule has 0 saturated heterocycles. The highest BCUT2D eigenvalue weighted by atomic mass is 16.5. The number of likely N-dealkylation sites (N-methyl/N-ethyl adjacent to an activating group) is 1. The Morgan fingerprint density at radius 3 is 2.62 bits per heavy atom. The Bertz CT molecular complexity index is 592. The van der Waals surface area contributed by atoms with Gasteiger partial charge in [0.05, 0.1) is 12.3 Å². The average molecular weight is 287 g/mol. The summed E-state index contributed by atoms with van der Waals surface area (Å²) in [5, 5.41) is 0. The summed E-state index contributed by atoms with van der Waals surface area (Å²) in [6.07, 6.45) is 1.06. The molecule has 21 heavy (non-hydrogen) atoms. The Labute approximate surface area is 125 Å². The Morgan fingerprint density at radius 2 is 2.00 bits per heavy atom. The molecule has 1 heterocycles. The van der Waals surface area contributed by atoms with Crippen LogP contribution in [0, 0.1) is 6.92 Å². The normalized spacial score (nSPS) is 13.5. The molecule has 0 aliphatic heterocycles. The number of nitrogens with zero attached hydrogens (tertiary/aromatic N) is 1. The second kappa shape index (κ2) is 6.48. The van der Waals surface area contributed by atoms with Crippen LogP contribution in [-0.2, 0) is 4.79 Å². The van der Waals surface area contributed by atoms with Gasteiger partial charge in [-0.3, -0.25) is 4.79 Å². The largest absolute Gasteiger partial charge is 0.481 e. The first-order chi connectivity index (χ1) is 9.99. The Balaban J connectivity index is 2.01. The van der Waals surface area contributed by atoms with Gasteiger partial charge in [0.1, 0.15) is 11.5 Å². The number of hydrogen-bond donors (Lipinski definition) is 0. The van der Waals surface area contributed by atoms with E-state index in [0.29, 0.717) is 5.75 Å². The number of carbonyl (C=O) groups is 1. The van der Waals surface area contributed by atoms with Gasteiger partial charge in [-0.1, -0.05) is 12.1 Å². The fraction of sp³-hybridized carbons (Fsp3) is 0.353. The number of furan rings is 1. The van der Waals surface area contributed by atoms with Crippen LogP contribution in [0.1, 0.15) is 31.2 Å². The summed E-state index contributed by atoms with van der Waals surface area (Å²) < 4.78 is 11.1. The molecule has 4 nitrogen and oxygen atoms in total. The molecular weight excluding hydrogens is 266 g/mol. The zero-order valence-electron chi connectivity index (χ0n) is 12.9. The van der Waals surface area contributed by atoms with Crippen molar-refractivity contribution >= 4 is 5.91 Å². The van der Waals surface area contributed by atoms with Crippen molar-refractivity contribution in [2.45, 2.75) is 32.9 Å². The summed E-state index contributed by atoms with van der Waals surface area (Å²) in [5.74, 6) is 1.38. The number of aryl methyl sites for hydroxylation is 1. The fourth-order valence-corrected chi connectivity index (χ4v) is 2.14. The van der Waals surface area contributed by atoms with Crippen molar-refractivity contribution < 1.29 is 13.9 Å². The maximum Gasteiger partial charge on any atom is 0.263 e. The van der Waals surface area contributed by atoms with Crippen LogP contribution in [0.2, 0.25) is 0 Å². The maximum absolute atomic E-state index is 12.4. The van der Waals surface area contributed by atoms with E-state index in [1.807, 2.05) is 50.2 Å². The molecule has 2 aromatic rings. The van der Waals surface area contributed by atoms with Crippen molar-refractivity contribution in [3.63, 3.8) is 0 Å². The SMILES string of the molecule is Cc1cccc(OC(C)C(=O)N(C)C(C)c2ccco2)c1. The first kappa shape index (κ1) is 15.2. The molecule has 2 unspecified atom stereocenters. The highest BCUT2D eigenvalue weighted by Gasteiger charge is 2.25. The van der Waals surface area contributed by atoms with Crippen LogP contribution >= 0.6 is 0 Å². The first-order valence-corrected chi connectivity index (χ1v) is 7.02. The topological polar surface area (TPSA) is 42.7 Å². The first-order valence-electron chi connectivity index (χ1n) is 7.02. The smallest absolute Gasteiger partial charge is 0.263 e. The molecule has 4 heteroatoms. The third-order valence-electron chi connectivity index (χ3n) is 3.53. The minimum atomic E-state index is -0.547. The third-order valence-corrected chi connectivity index (χ3v) is 3.53. The number of benzene rings is 1. The van der Waals surface area contributed by atoms with Gasteiger partial charge in [0.2, 0.25) is 0 Å². The molecule has 1 aromatic heterocycles. The molecule has 0 saturated carbocycles. The second-order valence-electron chi connectivity index (χ2n) is 5.22. The van der Waals surface area contributed by atoms with Gasteiger partial charge >= 0.3 is 0 Å².